The van der Waals surface area contributed by atoms with E-state index in [0.717, 1.165) is 23.2 Å². The summed E-state index contributed by atoms with van der Waals surface area (Å²) in [7, 11) is 1.57. The van der Waals surface area contributed by atoms with Crippen molar-refractivity contribution >= 4 is 5.91 Å². The summed E-state index contributed by atoms with van der Waals surface area (Å²) in [6.07, 6.45) is 3.74. The van der Waals surface area contributed by atoms with Crippen molar-refractivity contribution in [1.82, 2.24) is 15.1 Å². The SMILES string of the molecule is COC(CN)CC(=O)NCc1ccccc1-c1ccc(Cn2cccn2)cc1. The molecule has 1 aromatic heterocycles. The van der Waals surface area contributed by atoms with Crippen molar-refractivity contribution in [2.24, 2.45) is 5.73 Å². The summed E-state index contributed by atoms with van der Waals surface area (Å²) in [6, 6.07) is 18.4. The maximum absolute atomic E-state index is 12.1. The molecule has 1 heterocycles. The van der Waals surface area contributed by atoms with Crippen molar-refractivity contribution in [1.29, 1.82) is 0 Å². The molecule has 28 heavy (non-hydrogen) atoms. The van der Waals surface area contributed by atoms with Crippen molar-refractivity contribution in [2.45, 2.75) is 25.6 Å². The molecule has 0 aliphatic heterocycles. The van der Waals surface area contributed by atoms with Crippen LogP contribution in [0.25, 0.3) is 11.1 Å². The zero-order valence-corrected chi connectivity index (χ0v) is 16.0. The first kappa shape index (κ1) is 19.8. The number of methoxy groups -OCH3 is 1. The number of carbonyl (C=O) groups is 1. The number of carbonyl (C=O) groups excluding carboxylic acids is 1. The van der Waals surface area contributed by atoms with Gasteiger partial charge in [-0.3, -0.25) is 9.48 Å². The lowest BCUT2D eigenvalue weighted by atomic mass is 9.98. The first-order chi connectivity index (χ1) is 13.7. The summed E-state index contributed by atoms with van der Waals surface area (Å²) in [5.41, 5.74) is 10.1. The Labute approximate surface area is 165 Å². The highest BCUT2D eigenvalue weighted by atomic mass is 16.5. The number of aromatic nitrogens is 2. The first-order valence-corrected chi connectivity index (χ1v) is 9.34. The van der Waals surface area contributed by atoms with Gasteiger partial charge < -0.3 is 15.8 Å². The second-order valence-corrected chi connectivity index (χ2v) is 6.63. The molecule has 0 fully saturated rings. The van der Waals surface area contributed by atoms with Gasteiger partial charge in [-0.25, -0.2) is 0 Å². The monoisotopic (exact) mass is 378 g/mol. The maximum atomic E-state index is 12.1. The average Bonchev–Trinajstić information content (AvgIpc) is 3.24. The van der Waals surface area contributed by atoms with Gasteiger partial charge >= 0.3 is 0 Å². The Morgan fingerprint density at radius 1 is 1.18 bits per heavy atom. The molecule has 0 aliphatic rings. The van der Waals surface area contributed by atoms with E-state index in [0.29, 0.717) is 13.1 Å². The van der Waals surface area contributed by atoms with Crippen molar-refractivity contribution in [3.05, 3.63) is 78.1 Å². The second kappa shape index (κ2) is 9.82. The molecule has 0 bridgehead atoms. The van der Waals surface area contributed by atoms with Gasteiger partial charge in [-0.05, 0) is 28.3 Å². The zero-order chi connectivity index (χ0) is 19.8. The highest BCUT2D eigenvalue weighted by molar-refractivity contribution is 5.77. The van der Waals surface area contributed by atoms with E-state index in [4.69, 9.17) is 10.5 Å². The summed E-state index contributed by atoms with van der Waals surface area (Å²) in [6.45, 7) is 1.53. The summed E-state index contributed by atoms with van der Waals surface area (Å²) < 4.78 is 7.07. The smallest absolute Gasteiger partial charge is 0.222 e. The number of nitrogens with one attached hydrogen (secondary N) is 1. The largest absolute Gasteiger partial charge is 0.380 e. The topological polar surface area (TPSA) is 82.2 Å². The minimum Gasteiger partial charge on any atom is -0.380 e. The van der Waals surface area contributed by atoms with Gasteiger partial charge in [-0.15, -0.1) is 0 Å². The molecule has 6 nitrogen and oxygen atoms in total. The highest BCUT2D eigenvalue weighted by Gasteiger charge is 2.12. The average molecular weight is 378 g/mol. The lowest BCUT2D eigenvalue weighted by molar-refractivity contribution is -0.123. The Bertz CT molecular complexity index is 872. The molecule has 0 saturated carbocycles. The predicted octanol–water partition coefficient (Wildman–Crippen LogP) is 2.58. The van der Waals surface area contributed by atoms with E-state index < -0.39 is 0 Å². The summed E-state index contributed by atoms with van der Waals surface area (Å²) >= 11 is 0. The lowest BCUT2D eigenvalue weighted by Gasteiger charge is -2.14. The molecule has 1 atom stereocenters. The molecule has 1 amide bonds. The van der Waals surface area contributed by atoms with Crippen molar-refractivity contribution in [3.8, 4) is 11.1 Å². The van der Waals surface area contributed by atoms with Gasteiger partial charge in [0.2, 0.25) is 5.91 Å². The van der Waals surface area contributed by atoms with Gasteiger partial charge in [0.1, 0.15) is 0 Å². The van der Waals surface area contributed by atoms with Crippen LogP contribution >= 0.6 is 0 Å². The Hall–Kier alpha value is -2.96. The van der Waals surface area contributed by atoms with Crippen molar-refractivity contribution < 1.29 is 9.53 Å². The normalized spacial score (nSPS) is 11.9. The van der Waals surface area contributed by atoms with E-state index >= 15 is 0 Å². The fourth-order valence-corrected chi connectivity index (χ4v) is 3.06. The first-order valence-electron chi connectivity index (χ1n) is 9.34. The number of amides is 1. The predicted molar refractivity (Wildman–Crippen MR) is 110 cm³/mol. The van der Waals surface area contributed by atoms with Crippen LogP contribution in [0.2, 0.25) is 0 Å². The summed E-state index contributed by atoms with van der Waals surface area (Å²) in [5, 5.41) is 7.20. The molecule has 0 radical (unpaired) electrons. The third-order valence-electron chi connectivity index (χ3n) is 4.67. The number of hydrogen-bond acceptors (Lipinski definition) is 4. The van der Waals surface area contributed by atoms with E-state index in [1.54, 1.807) is 13.3 Å². The van der Waals surface area contributed by atoms with E-state index in [1.165, 1.54) is 5.56 Å². The molecule has 3 rings (SSSR count). The quantitative estimate of drug-likeness (QED) is 0.600. The van der Waals surface area contributed by atoms with Crippen LogP contribution in [0.15, 0.2) is 67.0 Å². The number of nitrogens with two attached hydrogens (primary N) is 1. The lowest BCUT2D eigenvalue weighted by Crippen LogP contribution is -2.32. The van der Waals surface area contributed by atoms with Gasteiger partial charge in [0.25, 0.3) is 0 Å². The molecule has 3 aromatic rings. The van der Waals surface area contributed by atoms with Crippen LogP contribution in [-0.2, 0) is 22.6 Å². The van der Waals surface area contributed by atoms with Crippen LogP contribution in [0.4, 0.5) is 0 Å². The number of rotatable bonds is 9. The van der Waals surface area contributed by atoms with Crippen molar-refractivity contribution in [3.63, 3.8) is 0 Å². The number of nitrogens with zero attached hydrogens (tertiary/aromatic N) is 2. The van der Waals surface area contributed by atoms with Gasteiger partial charge in [0.15, 0.2) is 0 Å². The van der Waals surface area contributed by atoms with Crippen LogP contribution in [0.3, 0.4) is 0 Å². The standard InChI is InChI=1S/C22H26N4O2/c1-28-20(14-23)13-22(27)24-15-19-5-2-3-6-21(19)18-9-7-17(8-10-18)16-26-12-4-11-25-26/h2-12,20H,13-16,23H2,1H3,(H,24,27). The fraction of sp³-hybridized carbons (Fsp3) is 0.273. The Morgan fingerprint density at radius 2 is 1.96 bits per heavy atom. The van der Waals surface area contributed by atoms with Crippen LogP contribution in [0, 0.1) is 0 Å². The maximum Gasteiger partial charge on any atom is 0.222 e. The fourth-order valence-electron chi connectivity index (χ4n) is 3.06. The van der Waals surface area contributed by atoms with Crippen LogP contribution in [0.1, 0.15) is 17.5 Å². The van der Waals surface area contributed by atoms with E-state index in [9.17, 15) is 4.79 Å². The molecular weight excluding hydrogens is 352 g/mol. The third kappa shape index (κ3) is 5.28. The van der Waals surface area contributed by atoms with Crippen molar-refractivity contribution in [2.75, 3.05) is 13.7 Å². The van der Waals surface area contributed by atoms with Gasteiger partial charge in [-0.2, -0.15) is 5.10 Å². The summed E-state index contributed by atoms with van der Waals surface area (Å²) in [5.74, 6) is -0.0679. The minimum atomic E-state index is -0.252. The molecule has 6 heteroatoms. The molecule has 146 valence electrons. The van der Waals surface area contributed by atoms with E-state index in [-0.39, 0.29) is 18.4 Å². The zero-order valence-electron chi connectivity index (χ0n) is 16.0. The van der Waals surface area contributed by atoms with Gasteiger partial charge in [0, 0.05) is 32.6 Å². The van der Waals surface area contributed by atoms with Gasteiger partial charge in [-0.1, -0.05) is 48.5 Å². The number of benzene rings is 2. The Morgan fingerprint density at radius 3 is 2.64 bits per heavy atom. The highest BCUT2D eigenvalue weighted by Crippen LogP contribution is 2.24. The van der Waals surface area contributed by atoms with E-state index in [1.807, 2.05) is 35.1 Å². The molecule has 0 spiro atoms. The third-order valence-corrected chi connectivity index (χ3v) is 4.67. The minimum absolute atomic E-state index is 0.0679. The number of hydrogen-bond donors (Lipinski definition) is 2. The molecule has 2 aromatic carbocycles. The molecule has 0 saturated heterocycles. The van der Waals surface area contributed by atoms with E-state index in [2.05, 4.69) is 40.7 Å². The number of ether oxygens (including phenoxy) is 1. The van der Waals surface area contributed by atoms with Crippen LogP contribution in [0.5, 0.6) is 0 Å². The molecule has 1 unspecified atom stereocenters. The van der Waals surface area contributed by atoms with Gasteiger partial charge in [0.05, 0.1) is 19.1 Å². The van der Waals surface area contributed by atoms with Crippen LogP contribution in [-0.4, -0.2) is 35.4 Å². The summed E-state index contributed by atoms with van der Waals surface area (Å²) in [4.78, 5) is 12.1. The second-order valence-electron chi connectivity index (χ2n) is 6.63. The van der Waals surface area contributed by atoms with Crippen LogP contribution < -0.4 is 11.1 Å². The molecule has 0 aliphatic carbocycles. The Balaban J connectivity index is 1.67. The molecule has 3 N–H and O–H groups in total. The molecular formula is C22H26N4O2. The Kier molecular flexibility index (Phi) is 6.94.